The standard InChI is InChI=1S/C25H30ClN3O4S2/c1-4-33-14-13-29-22-16-17(2)15-18(3)23(22)34-25(29)27-24(30)19-9-11-28(12-10-19)35(31,32)21-7-5-20(26)6-8-21/h5-8,15-16,19H,4,9-14H2,1-3H3. The number of amides is 1. The molecule has 0 saturated carbocycles. The SMILES string of the molecule is CCOCCn1c(=NC(=O)C2CCN(S(=O)(=O)c3ccc(Cl)cc3)CC2)sc2c(C)cc(C)cc21. The van der Waals surface area contributed by atoms with Gasteiger partial charge in [-0.1, -0.05) is 29.0 Å². The van der Waals surface area contributed by atoms with E-state index in [0.717, 1.165) is 21.3 Å². The summed E-state index contributed by atoms with van der Waals surface area (Å²) in [6, 6.07) is 10.4. The molecule has 0 unspecified atom stereocenters. The molecule has 188 valence electrons. The van der Waals surface area contributed by atoms with Crippen LogP contribution in [0.3, 0.4) is 0 Å². The number of thiazole rings is 1. The van der Waals surface area contributed by atoms with Gasteiger partial charge in [0.2, 0.25) is 10.0 Å². The second-order valence-electron chi connectivity index (χ2n) is 8.75. The van der Waals surface area contributed by atoms with Gasteiger partial charge in [0.1, 0.15) is 0 Å². The van der Waals surface area contributed by atoms with Gasteiger partial charge in [-0.3, -0.25) is 4.79 Å². The lowest BCUT2D eigenvalue weighted by Gasteiger charge is -2.29. The fraction of sp³-hybridized carbons (Fsp3) is 0.440. The largest absolute Gasteiger partial charge is 0.380 e. The lowest BCUT2D eigenvalue weighted by atomic mass is 9.98. The highest BCUT2D eigenvalue weighted by Gasteiger charge is 2.32. The average Bonchev–Trinajstić information content (AvgIpc) is 3.17. The third-order valence-corrected chi connectivity index (χ3v) is 9.63. The predicted octanol–water partition coefficient (Wildman–Crippen LogP) is 4.54. The van der Waals surface area contributed by atoms with E-state index >= 15 is 0 Å². The van der Waals surface area contributed by atoms with Crippen LogP contribution in [-0.2, 0) is 26.1 Å². The van der Waals surface area contributed by atoms with Crippen molar-refractivity contribution in [1.82, 2.24) is 8.87 Å². The summed E-state index contributed by atoms with van der Waals surface area (Å²) >= 11 is 7.41. The smallest absolute Gasteiger partial charge is 0.251 e. The van der Waals surface area contributed by atoms with E-state index in [1.54, 1.807) is 12.1 Å². The highest BCUT2D eigenvalue weighted by atomic mass is 35.5. The normalized spacial score (nSPS) is 16.3. The molecule has 1 aliphatic heterocycles. The van der Waals surface area contributed by atoms with Gasteiger partial charge < -0.3 is 9.30 Å². The summed E-state index contributed by atoms with van der Waals surface area (Å²) in [6.07, 6.45) is 0.883. The molecule has 0 aliphatic carbocycles. The zero-order valence-corrected chi connectivity index (χ0v) is 22.5. The molecule has 0 atom stereocenters. The van der Waals surface area contributed by atoms with Crippen molar-refractivity contribution >= 4 is 49.1 Å². The fourth-order valence-corrected chi connectivity index (χ4v) is 7.11. The van der Waals surface area contributed by atoms with Crippen molar-refractivity contribution < 1.29 is 17.9 Å². The van der Waals surface area contributed by atoms with Crippen molar-refractivity contribution in [3.05, 3.63) is 57.3 Å². The maximum atomic E-state index is 13.2. The molecular weight excluding hydrogens is 506 g/mol. The molecule has 0 spiro atoms. The van der Waals surface area contributed by atoms with E-state index < -0.39 is 10.0 Å². The Morgan fingerprint density at radius 2 is 1.86 bits per heavy atom. The molecule has 1 saturated heterocycles. The average molecular weight is 536 g/mol. The molecule has 2 aromatic carbocycles. The summed E-state index contributed by atoms with van der Waals surface area (Å²) in [6.45, 7) is 8.44. The Labute approximate surface area is 215 Å². The first-order valence-electron chi connectivity index (χ1n) is 11.7. The minimum absolute atomic E-state index is 0.195. The minimum Gasteiger partial charge on any atom is -0.380 e. The van der Waals surface area contributed by atoms with E-state index in [-0.39, 0.29) is 29.8 Å². The Kier molecular flexibility index (Phi) is 8.12. The topological polar surface area (TPSA) is 81.0 Å². The van der Waals surface area contributed by atoms with Crippen molar-refractivity contribution in [3.8, 4) is 0 Å². The first-order valence-corrected chi connectivity index (χ1v) is 14.4. The third-order valence-electron chi connectivity index (χ3n) is 6.24. The van der Waals surface area contributed by atoms with Gasteiger partial charge in [-0.15, -0.1) is 0 Å². The van der Waals surface area contributed by atoms with Gasteiger partial charge in [-0.05, 0) is 75.1 Å². The number of hydrogen-bond donors (Lipinski definition) is 0. The van der Waals surface area contributed by atoms with E-state index in [1.165, 1.54) is 27.8 Å². The number of aryl methyl sites for hydroxylation is 2. The Morgan fingerprint density at radius 3 is 2.51 bits per heavy atom. The molecule has 0 radical (unpaired) electrons. The van der Waals surface area contributed by atoms with E-state index in [4.69, 9.17) is 16.3 Å². The van der Waals surface area contributed by atoms with Crippen LogP contribution in [0.2, 0.25) is 5.02 Å². The number of carbonyl (C=O) groups excluding carboxylic acids is 1. The molecule has 2 heterocycles. The lowest BCUT2D eigenvalue weighted by molar-refractivity contribution is -0.122. The van der Waals surface area contributed by atoms with Gasteiger partial charge in [0.25, 0.3) is 5.91 Å². The summed E-state index contributed by atoms with van der Waals surface area (Å²) in [5.74, 6) is -0.500. The number of fused-ring (bicyclic) bond motifs is 1. The molecule has 1 amide bonds. The first-order chi connectivity index (χ1) is 16.7. The van der Waals surface area contributed by atoms with Crippen molar-refractivity contribution in [2.45, 2.75) is 45.1 Å². The highest BCUT2D eigenvalue weighted by Crippen LogP contribution is 2.26. The quantitative estimate of drug-likeness (QED) is 0.416. The van der Waals surface area contributed by atoms with Crippen molar-refractivity contribution in [3.63, 3.8) is 0 Å². The number of rotatable bonds is 7. The maximum Gasteiger partial charge on any atom is 0.251 e. The number of halogens is 1. The van der Waals surface area contributed by atoms with Crippen LogP contribution in [0.5, 0.6) is 0 Å². The number of aromatic nitrogens is 1. The van der Waals surface area contributed by atoms with Crippen LogP contribution in [0, 0.1) is 19.8 Å². The number of hydrogen-bond acceptors (Lipinski definition) is 5. The van der Waals surface area contributed by atoms with E-state index in [0.29, 0.717) is 42.4 Å². The number of sulfonamides is 1. The second-order valence-corrected chi connectivity index (χ2v) is 12.1. The second kappa shape index (κ2) is 10.9. The van der Waals surface area contributed by atoms with Crippen molar-refractivity contribution in [2.24, 2.45) is 10.9 Å². The molecule has 4 rings (SSSR count). The first kappa shape index (κ1) is 26.0. The van der Waals surface area contributed by atoms with Gasteiger partial charge >= 0.3 is 0 Å². The van der Waals surface area contributed by atoms with Gasteiger partial charge in [0.15, 0.2) is 4.80 Å². The molecule has 3 aromatic rings. The molecule has 35 heavy (non-hydrogen) atoms. The molecule has 0 N–H and O–H groups in total. The van der Waals surface area contributed by atoms with Crippen LogP contribution < -0.4 is 4.80 Å². The zero-order chi connectivity index (χ0) is 25.2. The fourth-order valence-electron chi connectivity index (χ4n) is 4.40. The molecule has 10 heteroatoms. The van der Waals surface area contributed by atoms with Gasteiger partial charge in [-0.25, -0.2) is 8.42 Å². The van der Waals surface area contributed by atoms with E-state index in [2.05, 4.69) is 35.5 Å². The van der Waals surface area contributed by atoms with Crippen LogP contribution in [0.1, 0.15) is 30.9 Å². The van der Waals surface area contributed by atoms with Crippen molar-refractivity contribution in [1.29, 1.82) is 0 Å². The molecule has 1 aliphatic rings. The Morgan fingerprint density at radius 1 is 1.17 bits per heavy atom. The van der Waals surface area contributed by atoms with Crippen molar-refractivity contribution in [2.75, 3.05) is 26.3 Å². The van der Waals surface area contributed by atoms with Gasteiger partial charge in [0.05, 0.1) is 21.7 Å². The molecular formula is C25H30ClN3O4S2. The number of piperidine rings is 1. The molecule has 1 fully saturated rings. The predicted molar refractivity (Wildman–Crippen MR) is 139 cm³/mol. The molecule has 7 nitrogen and oxygen atoms in total. The third kappa shape index (κ3) is 5.70. The molecule has 0 bridgehead atoms. The Hall–Kier alpha value is -2.04. The van der Waals surface area contributed by atoms with Crippen LogP contribution in [-0.4, -0.2) is 49.5 Å². The Bertz CT molecular complexity index is 1390. The zero-order valence-electron chi connectivity index (χ0n) is 20.2. The number of benzene rings is 2. The van der Waals surface area contributed by atoms with E-state index in [9.17, 15) is 13.2 Å². The van der Waals surface area contributed by atoms with Crippen LogP contribution in [0.25, 0.3) is 10.2 Å². The van der Waals surface area contributed by atoms with Gasteiger partial charge in [0, 0.05) is 37.2 Å². The Balaban J connectivity index is 1.55. The number of carbonyl (C=O) groups is 1. The summed E-state index contributed by atoms with van der Waals surface area (Å²) < 4.78 is 36.1. The highest BCUT2D eigenvalue weighted by molar-refractivity contribution is 7.89. The lowest BCUT2D eigenvalue weighted by Crippen LogP contribution is -2.40. The van der Waals surface area contributed by atoms with Gasteiger partial charge in [-0.2, -0.15) is 9.30 Å². The van der Waals surface area contributed by atoms with E-state index in [1.807, 2.05) is 6.92 Å². The summed E-state index contributed by atoms with van der Waals surface area (Å²) in [5.41, 5.74) is 3.37. The number of ether oxygens (including phenoxy) is 1. The maximum absolute atomic E-state index is 13.2. The van der Waals surface area contributed by atoms with Crippen LogP contribution >= 0.6 is 22.9 Å². The monoisotopic (exact) mass is 535 g/mol. The van der Waals surface area contributed by atoms with Crippen LogP contribution in [0.4, 0.5) is 0 Å². The van der Waals surface area contributed by atoms with Crippen LogP contribution in [0.15, 0.2) is 46.3 Å². The summed E-state index contributed by atoms with van der Waals surface area (Å²) in [5, 5.41) is 0.486. The molecule has 1 aromatic heterocycles. The number of nitrogens with zero attached hydrogens (tertiary/aromatic N) is 3. The minimum atomic E-state index is -3.62. The summed E-state index contributed by atoms with van der Waals surface area (Å²) in [7, 11) is -3.62. The summed E-state index contributed by atoms with van der Waals surface area (Å²) in [4.78, 5) is 18.6.